The summed E-state index contributed by atoms with van der Waals surface area (Å²) < 4.78 is 6.66. The quantitative estimate of drug-likeness (QED) is 0.582. The maximum absolute atomic E-state index is 12.7. The van der Waals surface area contributed by atoms with Gasteiger partial charge in [-0.1, -0.05) is 6.58 Å². The number of likely N-dealkylation sites (tertiary alicyclic amines) is 1. The van der Waals surface area contributed by atoms with Crippen LogP contribution < -0.4 is 4.90 Å². The number of hydrogen-bond acceptors (Lipinski definition) is 5. The molecule has 2 amide bonds. The Morgan fingerprint density at radius 2 is 2.12 bits per heavy atom. The molecule has 25 heavy (non-hydrogen) atoms. The normalized spacial score (nSPS) is 16.8. The Labute approximate surface area is 146 Å². The predicted octanol–water partition coefficient (Wildman–Crippen LogP) is 0.831. The molecule has 1 aromatic rings. The number of nitrogens with zero attached hydrogens (tertiary/aromatic N) is 4. The number of aryl methyl sites for hydroxylation is 1. The average molecular weight is 346 g/mol. The van der Waals surface area contributed by atoms with Crippen LogP contribution in [0.25, 0.3) is 0 Å². The van der Waals surface area contributed by atoms with E-state index in [1.165, 1.54) is 6.08 Å². The summed E-state index contributed by atoms with van der Waals surface area (Å²) in [6, 6.07) is 1.61. The molecule has 0 aliphatic carbocycles. The monoisotopic (exact) mass is 346 g/mol. The van der Waals surface area contributed by atoms with E-state index in [0.29, 0.717) is 38.4 Å². The van der Waals surface area contributed by atoms with Gasteiger partial charge in [-0.05, 0) is 19.4 Å². The van der Waals surface area contributed by atoms with Crippen molar-refractivity contribution >= 4 is 23.6 Å². The topological polar surface area (TPSA) is 84.7 Å². The third-order valence-corrected chi connectivity index (χ3v) is 4.48. The largest absolute Gasteiger partial charge is 0.461 e. The number of anilines is 1. The second-order valence-corrected chi connectivity index (χ2v) is 6.25. The first-order valence-corrected chi connectivity index (χ1v) is 8.50. The summed E-state index contributed by atoms with van der Waals surface area (Å²) in [6.07, 6.45) is 2.45. The lowest BCUT2D eigenvalue weighted by atomic mass is 9.95. The van der Waals surface area contributed by atoms with Gasteiger partial charge in [0.25, 0.3) is 0 Å². The van der Waals surface area contributed by atoms with E-state index < -0.39 is 5.97 Å². The molecule has 0 bridgehead atoms. The van der Waals surface area contributed by atoms with Gasteiger partial charge in [0, 0.05) is 44.6 Å². The molecule has 0 N–H and O–H groups in total. The van der Waals surface area contributed by atoms with Crippen LogP contribution in [0.15, 0.2) is 18.7 Å². The number of hydrogen-bond donors (Lipinski definition) is 0. The van der Waals surface area contributed by atoms with Gasteiger partial charge in [0.2, 0.25) is 11.8 Å². The van der Waals surface area contributed by atoms with Gasteiger partial charge >= 0.3 is 5.97 Å². The minimum Gasteiger partial charge on any atom is -0.461 e. The summed E-state index contributed by atoms with van der Waals surface area (Å²) in [5.74, 6) is 0.219. The summed E-state index contributed by atoms with van der Waals surface area (Å²) in [5, 5.41) is 4.25. The van der Waals surface area contributed by atoms with Crippen LogP contribution in [0.3, 0.4) is 0 Å². The first-order chi connectivity index (χ1) is 12.0. The number of amides is 2. The Balaban J connectivity index is 1.64. The van der Waals surface area contributed by atoms with Gasteiger partial charge in [-0.15, -0.1) is 0 Å². The standard InChI is InChI=1S/C17H22N4O4/c1-3-15(22)19-10-12(11-19)8-16(23)20-6-5-7-21-14(20)9-13(18-21)17(24)25-4-2/h3,9,12H,1,4-8,10-11H2,2H3. The van der Waals surface area contributed by atoms with Gasteiger partial charge in [0.1, 0.15) is 5.82 Å². The number of ether oxygens (including phenoxy) is 1. The minimum atomic E-state index is -0.477. The van der Waals surface area contributed by atoms with Crippen molar-refractivity contribution in [2.45, 2.75) is 26.3 Å². The van der Waals surface area contributed by atoms with Crippen LogP contribution >= 0.6 is 0 Å². The van der Waals surface area contributed by atoms with Crippen molar-refractivity contribution < 1.29 is 19.1 Å². The average Bonchev–Trinajstić information content (AvgIpc) is 3.01. The molecule has 0 unspecified atom stereocenters. The number of carbonyl (C=O) groups excluding carboxylic acids is 3. The van der Waals surface area contributed by atoms with Gasteiger partial charge in [-0.2, -0.15) is 5.10 Å². The summed E-state index contributed by atoms with van der Waals surface area (Å²) in [5.41, 5.74) is 0.225. The molecule has 0 radical (unpaired) electrons. The minimum absolute atomic E-state index is 0.00744. The predicted molar refractivity (Wildman–Crippen MR) is 90.0 cm³/mol. The Bertz CT molecular complexity index is 706. The van der Waals surface area contributed by atoms with Crippen molar-refractivity contribution in [2.24, 2.45) is 5.92 Å². The highest BCUT2D eigenvalue weighted by Gasteiger charge is 2.34. The highest BCUT2D eigenvalue weighted by atomic mass is 16.5. The number of esters is 1. The van der Waals surface area contributed by atoms with Crippen LogP contribution in [0.5, 0.6) is 0 Å². The summed E-state index contributed by atoms with van der Waals surface area (Å²) in [4.78, 5) is 39.3. The molecule has 3 heterocycles. The molecule has 2 aliphatic rings. The third-order valence-electron chi connectivity index (χ3n) is 4.48. The fourth-order valence-electron chi connectivity index (χ4n) is 3.20. The molecule has 8 nitrogen and oxygen atoms in total. The fraction of sp³-hybridized carbons (Fsp3) is 0.529. The molecule has 3 rings (SSSR count). The second kappa shape index (κ2) is 7.08. The molecule has 134 valence electrons. The Hall–Kier alpha value is -2.64. The van der Waals surface area contributed by atoms with E-state index in [2.05, 4.69) is 11.7 Å². The van der Waals surface area contributed by atoms with Crippen LogP contribution in [0.1, 0.15) is 30.3 Å². The molecule has 1 saturated heterocycles. The van der Waals surface area contributed by atoms with Crippen LogP contribution in [-0.4, -0.2) is 58.7 Å². The van der Waals surface area contributed by atoms with E-state index in [-0.39, 0.29) is 30.0 Å². The first kappa shape index (κ1) is 17.2. The highest BCUT2D eigenvalue weighted by molar-refractivity contribution is 5.95. The van der Waals surface area contributed by atoms with Crippen LogP contribution in [0.2, 0.25) is 0 Å². The fourth-order valence-corrected chi connectivity index (χ4v) is 3.20. The lowest BCUT2D eigenvalue weighted by Crippen LogP contribution is -2.51. The Morgan fingerprint density at radius 3 is 2.80 bits per heavy atom. The lowest BCUT2D eigenvalue weighted by Gasteiger charge is -2.39. The summed E-state index contributed by atoms with van der Waals surface area (Å²) in [6.45, 7) is 7.92. The van der Waals surface area contributed by atoms with Crippen molar-refractivity contribution in [1.82, 2.24) is 14.7 Å². The van der Waals surface area contributed by atoms with Crippen LogP contribution in [0, 0.1) is 5.92 Å². The van der Waals surface area contributed by atoms with Gasteiger partial charge in [0.05, 0.1) is 6.61 Å². The zero-order valence-corrected chi connectivity index (χ0v) is 14.3. The Kier molecular flexibility index (Phi) is 4.87. The van der Waals surface area contributed by atoms with Crippen LogP contribution in [-0.2, 0) is 20.9 Å². The number of fused-ring (bicyclic) bond motifs is 1. The molecule has 0 aromatic carbocycles. The molecule has 0 atom stereocenters. The van der Waals surface area contributed by atoms with E-state index in [4.69, 9.17) is 4.74 Å². The Morgan fingerprint density at radius 1 is 1.36 bits per heavy atom. The molecular weight excluding hydrogens is 324 g/mol. The summed E-state index contributed by atoms with van der Waals surface area (Å²) in [7, 11) is 0. The van der Waals surface area contributed by atoms with E-state index in [1.54, 1.807) is 27.5 Å². The maximum atomic E-state index is 12.7. The third kappa shape index (κ3) is 3.42. The van der Waals surface area contributed by atoms with Crippen molar-refractivity contribution in [3.63, 3.8) is 0 Å². The lowest BCUT2D eigenvalue weighted by molar-refractivity contribution is -0.134. The molecule has 2 aliphatic heterocycles. The smallest absolute Gasteiger partial charge is 0.358 e. The van der Waals surface area contributed by atoms with Gasteiger partial charge in [-0.3, -0.25) is 14.5 Å². The molecular formula is C17H22N4O4. The molecule has 0 saturated carbocycles. The zero-order chi connectivity index (χ0) is 18.0. The number of carbonyl (C=O) groups is 3. The van der Waals surface area contributed by atoms with Crippen molar-refractivity contribution in [3.8, 4) is 0 Å². The number of aromatic nitrogens is 2. The van der Waals surface area contributed by atoms with Crippen molar-refractivity contribution in [3.05, 3.63) is 24.4 Å². The maximum Gasteiger partial charge on any atom is 0.358 e. The first-order valence-electron chi connectivity index (χ1n) is 8.50. The SMILES string of the molecule is C=CC(=O)N1CC(CC(=O)N2CCCn3nc(C(=O)OCC)cc32)C1. The van der Waals surface area contributed by atoms with Gasteiger partial charge in [-0.25, -0.2) is 9.48 Å². The molecule has 1 aromatic heterocycles. The van der Waals surface area contributed by atoms with Gasteiger partial charge in [0.15, 0.2) is 5.69 Å². The molecule has 1 fully saturated rings. The van der Waals surface area contributed by atoms with Gasteiger partial charge < -0.3 is 9.64 Å². The van der Waals surface area contributed by atoms with Crippen LogP contribution in [0.4, 0.5) is 5.82 Å². The zero-order valence-electron chi connectivity index (χ0n) is 14.3. The number of rotatable bonds is 5. The van der Waals surface area contributed by atoms with E-state index in [9.17, 15) is 14.4 Å². The molecule has 0 spiro atoms. The van der Waals surface area contributed by atoms with E-state index in [0.717, 1.165) is 6.42 Å². The summed E-state index contributed by atoms with van der Waals surface area (Å²) >= 11 is 0. The molecule has 8 heteroatoms. The van der Waals surface area contributed by atoms with E-state index in [1.807, 2.05) is 0 Å². The second-order valence-electron chi connectivity index (χ2n) is 6.25. The van der Waals surface area contributed by atoms with Crippen molar-refractivity contribution in [2.75, 3.05) is 31.1 Å². The van der Waals surface area contributed by atoms with E-state index >= 15 is 0 Å². The highest BCUT2D eigenvalue weighted by Crippen LogP contribution is 2.26. The van der Waals surface area contributed by atoms with Crippen molar-refractivity contribution in [1.29, 1.82) is 0 Å².